The van der Waals surface area contributed by atoms with Crippen LogP contribution in [0.25, 0.3) is 0 Å². The number of nitrogens with zero attached hydrogens (tertiary/aromatic N) is 1. The number of rotatable bonds is 6. The van der Waals surface area contributed by atoms with Crippen LogP contribution in [0.4, 0.5) is 5.69 Å². The van der Waals surface area contributed by atoms with Gasteiger partial charge in [0.15, 0.2) is 0 Å². The fourth-order valence-electron chi connectivity index (χ4n) is 3.21. The van der Waals surface area contributed by atoms with E-state index >= 15 is 0 Å². The molecule has 142 valence electrons. The van der Waals surface area contributed by atoms with E-state index in [-0.39, 0.29) is 24.0 Å². The summed E-state index contributed by atoms with van der Waals surface area (Å²) < 4.78 is 5.72. The van der Waals surface area contributed by atoms with Gasteiger partial charge in [-0.1, -0.05) is 12.1 Å². The third-order valence-electron chi connectivity index (χ3n) is 4.59. The summed E-state index contributed by atoms with van der Waals surface area (Å²) in [5.74, 6) is 0.796. The summed E-state index contributed by atoms with van der Waals surface area (Å²) in [6.07, 6.45) is 1.59. The van der Waals surface area contributed by atoms with Crippen LogP contribution in [0.5, 0.6) is 5.75 Å². The third-order valence-corrected chi connectivity index (χ3v) is 4.59. The topological polar surface area (TPSA) is 58.6 Å². The highest BCUT2D eigenvalue weighted by atomic mass is 16.5. The first-order valence-electron chi connectivity index (χ1n) is 9.42. The van der Waals surface area contributed by atoms with Gasteiger partial charge in [0.05, 0.1) is 12.1 Å². The summed E-state index contributed by atoms with van der Waals surface area (Å²) in [6.45, 7) is 6.66. The number of carbonyl (C=O) groups is 2. The third kappa shape index (κ3) is 4.67. The Morgan fingerprint density at radius 1 is 1.11 bits per heavy atom. The molecule has 0 radical (unpaired) electrons. The molecule has 2 amide bonds. The minimum Gasteiger partial charge on any atom is -0.491 e. The van der Waals surface area contributed by atoms with Crippen molar-refractivity contribution < 1.29 is 14.3 Å². The van der Waals surface area contributed by atoms with Crippen LogP contribution in [-0.4, -0.2) is 24.5 Å². The molecule has 0 aromatic heterocycles. The molecule has 1 aliphatic rings. The van der Waals surface area contributed by atoms with Gasteiger partial charge < -0.3 is 15.0 Å². The van der Waals surface area contributed by atoms with Crippen molar-refractivity contribution in [2.45, 2.75) is 45.8 Å². The van der Waals surface area contributed by atoms with Crippen LogP contribution in [-0.2, 0) is 4.79 Å². The van der Waals surface area contributed by atoms with E-state index in [0.29, 0.717) is 12.0 Å². The largest absolute Gasteiger partial charge is 0.491 e. The lowest BCUT2D eigenvalue weighted by molar-refractivity contribution is -0.117. The number of hydrogen-bond donors (Lipinski definition) is 1. The van der Waals surface area contributed by atoms with E-state index in [2.05, 4.69) is 5.32 Å². The molecule has 1 saturated heterocycles. The smallest absolute Gasteiger partial charge is 0.251 e. The van der Waals surface area contributed by atoms with Gasteiger partial charge in [0, 0.05) is 24.2 Å². The second-order valence-electron chi connectivity index (χ2n) is 7.13. The molecular weight excluding hydrogens is 340 g/mol. The Balaban J connectivity index is 1.65. The Morgan fingerprint density at radius 3 is 2.48 bits per heavy atom. The Bertz CT molecular complexity index is 815. The van der Waals surface area contributed by atoms with Crippen molar-refractivity contribution in [1.29, 1.82) is 0 Å². The lowest BCUT2D eigenvalue weighted by atomic mass is 10.1. The minimum atomic E-state index is -0.145. The van der Waals surface area contributed by atoms with Crippen molar-refractivity contribution in [3.63, 3.8) is 0 Å². The average Bonchev–Trinajstić information content (AvgIpc) is 3.07. The van der Waals surface area contributed by atoms with Crippen molar-refractivity contribution in [1.82, 2.24) is 5.32 Å². The fourth-order valence-corrected chi connectivity index (χ4v) is 3.21. The van der Waals surface area contributed by atoms with Crippen LogP contribution in [0.15, 0.2) is 48.5 Å². The zero-order chi connectivity index (χ0) is 19.4. The molecule has 0 spiro atoms. The molecule has 1 heterocycles. The normalized spacial score (nSPS) is 15.1. The predicted octanol–water partition coefficient (Wildman–Crippen LogP) is 4.09. The molecule has 5 nitrogen and oxygen atoms in total. The van der Waals surface area contributed by atoms with E-state index in [1.807, 2.05) is 57.2 Å². The van der Waals surface area contributed by atoms with Crippen LogP contribution in [0.3, 0.4) is 0 Å². The van der Waals surface area contributed by atoms with E-state index in [0.717, 1.165) is 30.0 Å². The van der Waals surface area contributed by atoms with Gasteiger partial charge in [-0.25, -0.2) is 0 Å². The van der Waals surface area contributed by atoms with Gasteiger partial charge in [-0.3, -0.25) is 9.59 Å². The van der Waals surface area contributed by atoms with Crippen molar-refractivity contribution in [2.24, 2.45) is 0 Å². The van der Waals surface area contributed by atoms with Gasteiger partial charge in [0.1, 0.15) is 5.75 Å². The SMILES string of the molecule is CC(C)Oc1cccc(C(C)NC(=O)c2ccc(N3CCCC3=O)cc2)c1. The highest BCUT2D eigenvalue weighted by molar-refractivity contribution is 5.97. The molecule has 3 rings (SSSR count). The summed E-state index contributed by atoms with van der Waals surface area (Å²) in [4.78, 5) is 26.2. The van der Waals surface area contributed by atoms with E-state index in [1.54, 1.807) is 17.0 Å². The lowest BCUT2D eigenvalue weighted by Gasteiger charge is -2.18. The molecule has 1 unspecified atom stereocenters. The molecule has 0 aliphatic carbocycles. The molecule has 0 bridgehead atoms. The number of anilines is 1. The maximum Gasteiger partial charge on any atom is 0.251 e. The van der Waals surface area contributed by atoms with Crippen molar-refractivity contribution in [2.75, 3.05) is 11.4 Å². The Morgan fingerprint density at radius 2 is 1.85 bits per heavy atom. The van der Waals surface area contributed by atoms with E-state index < -0.39 is 0 Å². The summed E-state index contributed by atoms with van der Waals surface area (Å²) in [5, 5.41) is 3.02. The number of benzene rings is 2. The van der Waals surface area contributed by atoms with Crippen LogP contribution >= 0.6 is 0 Å². The Labute approximate surface area is 160 Å². The van der Waals surface area contributed by atoms with Crippen LogP contribution in [0.1, 0.15) is 55.6 Å². The van der Waals surface area contributed by atoms with Gasteiger partial charge in [0.25, 0.3) is 5.91 Å². The fraction of sp³-hybridized carbons (Fsp3) is 0.364. The minimum absolute atomic E-state index is 0.103. The summed E-state index contributed by atoms with van der Waals surface area (Å²) >= 11 is 0. The van der Waals surface area contributed by atoms with E-state index in [1.165, 1.54) is 0 Å². The van der Waals surface area contributed by atoms with Crippen molar-refractivity contribution in [3.05, 3.63) is 59.7 Å². The van der Waals surface area contributed by atoms with Gasteiger partial charge in [0.2, 0.25) is 5.91 Å². The second kappa shape index (κ2) is 8.25. The number of hydrogen-bond acceptors (Lipinski definition) is 3. The molecule has 5 heteroatoms. The van der Waals surface area contributed by atoms with E-state index in [9.17, 15) is 9.59 Å². The molecule has 27 heavy (non-hydrogen) atoms. The average molecular weight is 366 g/mol. The lowest BCUT2D eigenvalue weighted by Crippen LogP contribution is -2.27. The highest BCUT2D eigenvalue weighted by Gasteiger charge is 2.21. The number of carbonyl (C=O) groups excluding carboxylic acids is 2. The first kappa shape index (κ1) is 19.0. The first-order valence-corrected chi connectivity index (χ1v) is 9.42. The predicted molar refractivity (Wildman–Crippen MR) is 106 cm³/mol. The molecule has 1 atom stereocenters. The maximum atomic E-state index is 12.6. The maximum absolute atomic E-state index is 12.6. The zero-order valence-electron chi connectivity index (χ0n) is 16.1. The Kier molecular flexibility index (Phi) is 5.79. The second-order valence-corrected chi connectivity index (χ2v) is 7.13. The molecule has 1 aliphatic heterocycles. The molecular formula is C22H26N2O3. The summed E-state index contributed by atoms with van der Waals surface area (Å²) in [6, 6.07) is 14.8. The number of amides is 2. The molecule has 1 N–H and O–H groups in total. The Hall–Kier alpha value is -2.82. The molecule has 1 fully saturated rings. The molecule has 2 aromatic rings. The van der Waals surface area contributed by atoms with Crippen LogP contribution < -0.4 is 15.0 Å². The van der Waals surface area contributed by atoms with Crippen molar-refractivity contribution >= 4 is 17.5 Å². The van der Waals surface area contributed by atoms with Gasteiger partial charge >= 0.3 is 0 Å². The standard InChI is InChI=1S/C22H26N2O3/c1-15(2)27-20-7-4-6-18(14-20)16(3)23-22(26)17-9-11-19(12-10-17)24-13-5-8-21(24)25/h4,6-7,9-12,14-16H,5,8,13H2,1-3H3,(H,23,26). The van der Waals surface area contributed by atoms with E-state index in [4.69, 9.17) is 4.74 Å². The van der Waals surface area contributed by atoms with Gasteiger partial charge in [-0.15, -0.1) is 0 Å². The number of ether oxygens (including phenoxy) is 1. The zero-order valence-corrected chi connectivity index (χ0v) is 16.1. The van der Waals surface area contributed by atoms with Crippen molar-refractivity contribution in [3.8, 4) is 5.75 Å². The van der Waals surface area contributed by atoms with Gasteiger partial charge in [-0.2, -0.15) is 0 Å². The van der Waals surface area contributed by atoms with Crippen LogP contribution in [0.2, 0.25) is 0 Å². The summed E-state index contributed by atoms with van der Waals surface area (Å²) in [7, 11) is 0. The molecule has 2 aromatic carbocycles. The first-order chi connectivity index (χ1) is 12.9. The monoisotopic (exact) mass is 366 g/mol. The quantitative estimate of drug-likeness (QED) is 0.838. The summed E-state index contributed by atoms with van der Waals surface area (Å²) in [5.41, 5.74) is 2.41. The number of nitrogens with one attached hydrogen (secondary N) is 1. The highest BCUT2D eigenvalue weighted by Crippen LogP contribution is 2.23. The van der Waals surface area contributed by atoms with Gasteiger partial charge in [-0.05, 0) is 69.2 Å². The van der Waals surface area contributed by atoms with Crippen LogP contribution in [0, 0.1) is 0 Å². The molecule has 0 saturated carbocycles.